The van der Waals surface area contributed by atoms with Gasteiger partial charge in [0.05, 0.1) is 11.1 Å². The molecule has 0 aliphatic carbocycles. The van der Waals surface area contributed by atoms with E-state index in [2.05, 4.69) is 22.2 Å². The number of anilines is 2. The van der Waals surface area contributed by atoms with Crippen molar-refractivity contribution in [1.82, 2.24) is 9.97 Å². The maximum atomic E-state index is 12.1. The number of aromatic nitrogens is 2. The molecule has 0 saturated heterocycles. The van der Waals surface area contributed by atoms with Gasteiger partial charge in [0, 0.05) is 5.69 Å². The van der Waals surface area contributed by atoms with E-state index in [0.29, 0.717) is 11.0 Å². The molecular formula is C16H16N4OS2. The Bertz CT molecular complexity index is 847. The zero-order valence-electron chi connectivity index (χ0n) is 12.6. The number of hydrogen-bond acceptors (Lipinski definition) is 6. The molecule has 2 heterocycles. The smallest absolute Gasteiger partial charge is 0.234 e. The number of carbonyl (C=O) groups is 1. The monoisotopic (exact) mass is 344 g/mol. The lowest BCUT2D eigenvalue weighted by molar-refractivity contribution is -0.113. The number of amides is 1. The van der Waals surface area contributed by atoms with E-state index in [1.165, 1.54) is 23.1 Å². The third-order valence-electron chi connectivity index (χ3n) is 3.34. The molecule has 1 amide bonds. The summed E-state index contributed by atoms with van der Waals surface area (Å²) in [5.74, 6) is 0.619. The summed E-state index contributed by atoms with van der Waals surface area (Å²) in [6, 6.07) is 9.70. The summed E-state index contributed by atoms with van der Waals surface area (Å²) < 4.78 is 0. The fourth-order valence-electron chi connectivity index (χ4n) is 2.19. The summed E-state index contributed by atoms with van der Waals surface area (Å²) in [4.78, 5) is 21.6. The summed E-state index contributed by atoms with van der Waals surface area (Å²) in [7, 11) is 0. The summed E-state index contributed by atoms with van der Waals surface area (Å²) in [5.41, 5.74) is 7.88. The molecule has 118 valence electrons. The Morgan fingerprint density at radius 3 is 2.96 bits per heavy atom. The first-order chi connectivity index (χ1) is 11.2. The molecule has 0 radical (unpaired) electrons. The van der Waals surface area contributed by atoms with Gasteiger partial charge in [0.15, 0.2) is 5.16 Å². The number of rotatable bonds is 5. The molecule has 0 bridgehead atoms. The number of thiophene rings is 1. The molecule has 0 aliphatic rings. The van der Waals surface area contributed by atoms with Crippen LogP contribution in [-0.2, 0) is 11.2 Å². The fraction of sp³-hybridized carbons (Fsp3) is 0.188. The van der Waals surface area contributed by atoms with Crippen LogP contribution in [0.1, 0.15) is 12.5 Å². The number of para-hydroxylation sites is 1. The van der Waals surface area contributed by atoms with Gasteiger partial charge < -0.3 is 11.1 Å². The molecule has 2 aromatic heterocycles. The van der Waals surface area contributed by atoms with Crippen LogP contribution >= 0.6 is 23.1 Å². The van der Waals surface area contributed by atoms with Gasteiger partial charge >= 0.3 is 0 Å². The highest BCUT2D eigenvalue weighted by atomic mass is 32.2. The van der Waals surface area contributed by atoms with Crippen molar-refractivity contribution in [2.24, 2.45) is 0 Å². The number of nitrogens with zero attached hydrogens (tertiary/aromatic N) is 2. The van der Waals surface area contributed by atoms with Crippen molar-refractivity contribution >= 4 is 50.7 Å². The molecule has 5 nitrogen and oxygen atoms in total. The predicted molar refractivity (Wildman–Crippen MR) is 97.0 cm³/mol. The molecule has 0 aliphatic heterocycles. The molecule has 0 atom stereocenters. The molecule has 3 aromatic rings. The van der Waals surface area contributed by atoms with Crippen LogP contribution in [0.3, 0.4) is 0 Å². The summed E-state index contributed by atoms with van der Waals surface area (Å²) in [5, 5.41) is 6.25. The third kappa shape index (κ3) is 3.62. The van der Waals surface area contributed by atoms with Gasteiger partial charge in [-0.15, -0.1) is 11.3 Å². The number of carbonyl (C=O) groups excluding carboxylic acids is 1. The van der Waals surface area contributed by atoms with E-state index < -0.39 is 0 Å². The number of hydrogen-bond donors (Lipinski definition) is 2. The van der Waals surface area contributed by atoms with Crippen molar-refractivity contribution in [3.05, 3.63) is 41.3 Å². The van der Waals surface area contributed by atoms with Crippen molar-refractivity contribution in [3.8, 4) is 0 Å². The van der Waals surface area contributed by atoms with Crippen molar-refractivity contribution in [2.45, 2.75) is 18.5 Å². The van der Waals surface area contributed by atoms with Crippen LogP contribution in [0.2, 0.25) is 0 Å². The number of thioether (sulfide) groups is 1. The Balaban J connectivity index is 1.66. The van der Waals surface area contributed by atoms with E-state index in [1.54, 1.807) is 0 Å². The van der Waals surface area contributed by atoms with Gasteiger partial charge in [0.1, 0.15) is 10.6 Å². The van der Waals surface area contributed by atoms with E-state index >= 15 is 0 Å². The van der Waals surface area contributed by atoms with Crippen molar-refractivity contribution in [2.75, 3.05) is 16.8 Å². The Labute approximate surface area is 142 Å². The van der Waals surface area contributed by atoms with E-state index in [9.17, 15) is 4.79 Å². The molecule has 1 aromatic carbocycles. The quantitative estimate of drug-likeness (QED) is 0.546. The summed E-state index contributed by atoms with van der Waals surface area (Å²) >= 11 is 2.80. The SMILES string of the molecule is CCc1ccccc1NC(=O)CSc1nc(N)c2ccsc2n1. The first-order valence-electron chi connectivity index (χ1n) is 7.18. The van der Waals surface area contributed by atoms with Gasteiger partial charge in [0.2, 0.25) is 5.91 Å². The standard InChI is InChI=1S/C16H16N4OS2/c1-2-10-5-3-4-6-12(10)18-13(21)9-23-16-19-14(17)11-7-8-22-15(11)20-16/h3-8H,2,9H2,1H3,(H,18,21)(H2,17,19,20). The molecule has 0 spiro atoms. The van der Waals surface area contributed by atoms with Gasteiger partial charge in [-0.2, -0.15) is 0 Å². The minimum Gasteiger partial charge on any atom is -0.383 e. The lowest BCUT2D eigenvalue weighted by Crippen LogP contribution is -2.15. The van der Waals surface area contributed by atoms with Crippen LogP contribution in [0.5, 0.6) is 0 Å². The number of nitrogens with two attached hydrogens (primary N) is 1. The number of benzene rings is 1. The average Bonchev–Trinajstić information content (AvgIpc) is 3.02. The van der Waals surface area contributed by atoms with Crippen LogP contribution in [0.25, 0.3) is 10.2 Å². The molecule has 7 heteroatoms. The first kappa shape index (κ1) is 15.8. The first-order valence-corrected chi connectivity index (χ1v) is 9.05. The molecule has 3 rings (SSSR count). The van der Waals surface area contributed by atoms with E-state index in [-0.39, 0.29) is 11.7 Å². The summed E-state index contributed by atoms with van der Waals surface area (Å²) in [6.45, 7) is 2.06. The van der Waals surface area contributed by atoms with E-state index in [0.717, 1.165) is 27.9 Å². The zero-order valence-corrected chi connectivity index (χ0v) is 14.2. The Morgan fingerprint density at radius 1 is 1.30 bits per heavy atom. The highest BCUT2D eigenvalue weighted by Crippen LogP contribution is 2.26. The zero-order chi connectivity index (χ0) is 16.2. The van der Waals surface area contributed by atoms with Crippen LogP contribution in [0, 0.1) is 0 Å². The minimum absolute atomic E-state index is 0.0793. The van der Waals surface area contributed by atoms with Crippen molar-refractivity contribution < 1.29 is 4.79 Å². The largest absolute Gasteiger partial charge is 0.383 e. The second-order valence-corrected chi connectivity index (χ2v) is 6.72. The lowest BCUT2D eigenvalue weighted by Gasteiger charge is -2.09. The molecule has 0 fully saturated rings. The molecular weight excluding hydrogens is 328 g/mol. The van der Waals surface area contributed by atoms with Crippen LogP contribution < -0.4 is 11.1 Å². The Hall–Kier alpha value is -2.12. The highest BCUT2D eigenvalue weighted by molar-refractivity contribution is 7.99. The van der Waals surface area contributed by atoms with Gasteiger partial charge in [-0.25, -0.2) is 9.97 Å². The van der Waals surface area contributed by atoms with E-state index in [4.69, 9.17) is 5.73 Å². The van der Waals surface area contributed by atoms with Gasteiger partial charge in [-0.3, -0.25) is 4.79 Å². The Morgan fingerprint density at radius 2 is 2.13 bits per heavy atom. The Kier molecular flexibility index (Phi) is 4.78. The maximum absolute atomic E-state index is 12.1. The number of nitrogen functional groups attached to an aromatic ring is 1. The van der Waals surface area contributed by atoms with Crippen molar-refractivity contribution in [1.29, 1.82) is 0 Å². The van der Waals surface area contributed by atoms with Crippen LogP contribution in [-0.4, -0.2) is 21.6 Å². The number of nitrogens with one attached hydrogen (secondary N) is 1. The molecule has 0 saturated carbocycles. The fourth-order valence-corrected chi connectivity index (χ4v) is 3.67. The van der Waals surface area contributed by atoms with E-state index in [1.807, 2.05) is 35.7 Å². The maximum Gasteiger partial charge on any atom is 0.234 e. The molecule has 23 heavy (non-hydrogen) atoms. The second-order valence-electron chi connectivity index (χ2n) is 4.88. The molecule has 3 N–H and O–H groups in total. The van der Waals surface area contributed by atoms with Gasteiger partial charge in [-0.1, -0.05) is 36.9 Å². The topological polar surface area (TPSA) is 80.9 Å². The van der Waals surface area contributed by atoms with Gasteiger partial charge in [0.25, 0.3) is 0 Å². The van der Waals surface area contributed by atoms with Crippen LogP contribution in [0.15, 0.2) is 40.9 Å². The lowest BCUT2D eigenvalue weighted by atomic mass is 10.1. The number of fused-ring (bicyclic) bond motifs is 1. The normalized spacial score (nSPS) is 10.8. The van der Waals surface area contributed by atoms with Crippen LogP contribution in [0.4, 0.5) is 11.5 Å². The third-order valence-corrected chi connectivity index (χ3v) is 4.99. The van der Waals surface area contributed by atoms with Crippen molar-refractivity contribution in [3.63, 3.8) is 0 Å². The summed E-state index contributed by atoms with van der Waals surface area (Å²) in [6.07, 6.45) is 0.873. The molecule has 0 unspecified atom stereocenters. The predicted octanol–water partition coefficient (Wildman–Crippen LogP) is 3.57. The average molecular weight is 344 g/mol. The number of aryl methyl sites for hydroxylation is 1. The minimum atomic E-state index is -0.0793. The van der Waals surface area contributed by atoms with Gasteiger partial charge in [-0.05, 0) is 29.5 Å². The highest BCUT2D eigenvalue weighted by Gasteiger charge is 2.10. The second kappa shape index (κ2) is 6.97.